The van der Waals surface area contributed by atoms with Crippen LogP contribution in [0.1, 0.15) is 25.4 Å². The maximum absolute atomic E-state index is 5.31. The van der Waals surface area contributed by atoms with Crippen LogP contribution in [0.5, 0.6) is 0 Å². The van der Waals surface area contributed by atoms with Crippen LogP contribution in [0.2, 0.25) is 0 Å². The lowest BCUT2D eigenvalue weighted by molar-refractivity contribution is 0.149. The fourth-order valence-electron chi connectivity index (χ4n) is 1.47. The third kappa shape index (κ3) is 5.10. The molecule has 0 aliphatic rings. The quantitative estimate of drug-likeness (QED) is 0.699. The van der Waals surface area contributed by atoms with E-state index >= 15 is 0 Å². The van der Waals surface area contributed by atoms with Crippen molar-refractivity contribution in [2.24, 2.45) is 0 Å². The molecule has 0 aliphatic heterocycles. The summed E-state index contributed by atoms with van der Waals surface area (Å²) in [5.41, 5.74) is 0.893. The van der Waals surface area contributed by atoms with Crippen LogP contribution in [0, 0.1) is 0 Å². The molecule has 0 spiro atoms. The summed E-state index contributed by atoms with van der Waals surface area (Å²) in [6, 6.07) is 1.91. The van der Waals surface area contributed by atoms with Crippen molar-refractivity contribution in [3.63, 3.8) is 0 Å². The van der Waals surface area contributed by atoms with Gasteiger partial charge >= 0.3 is 0 Å². The van der Waals surface area contributed by atoms with Crippen LogP contribution in [0.3, 0.4) is 0 Å². The van der Waals surface area contributed by atoms with E-state index in [1.165, 1.54) is 0 Å². The molecule has 1 aromatic heterocycles. The second-order valence-electron chi connectivity index (χ2n) is 3.57. The lowest BCUT2D eigenvalue weighted by atomic mass is 10.3. The highest BCUT2D eigenvalue weighted by Crippen LogP contribution is 2.08. The number of hydrogen-bond acceptors (Lipinski definition) is 5. The summed E-state index contributed by atoms with van der Waals surface area (Å²) in [4.78, 5) is 8.84. The zero-order valence-corrected chi connectivity index (χ0v) is 10.8. The van der Waals surface area contributed by atoms with Gasteiger partial charge in [0.15, 0.2) is 0 Å². The molecule has 1 aromatic rings. The minimum absolute atomic E-state index is 0.503. The fraction of sp³-hybridized carbons (Fsp3) is 0.667. The number of anilines is 1. The van der Waals surface area contributed by atoms with Gasteiger partial charge in [-0.05, 0) is 13.8 Å². The summed E-state index contributed by atoms with van der Waals surface area (Å²) < 4.78 is 10.4. The van der Waals surface area contributed by atoms with E-state index in [1.54, 1.807) is 7.11 Å². The molecule has 0 aromatic carbocycles. The third-order valence-electron chi connectivity index (χ3n) is 2.15. The van der Waals surface area contributed by atoms with E-state index in [1.807, 2.05) is 19.9 Å². The molecule has 5 heteroatoms. The van der Waals surface area contributed by atoms with Crippen molar-refractivity contribution in [2.75, 3.05) is 32.2 Å². The Labute approximate surface area is 103 Å². The second-order valence-corrected chi connectivity index (χ2v) is 3.57. The first-order valence-corrected chi connectivity index (χ1v) is 5.97. The molecule has 1 rings (SSSR count). The van der Waals surface area contributed by atoms with Gasteiger partial charge in [-0.2, -0.15) is 0 Å². The molecule has 1 N–H and O–H groups in total. The lowest BCUT2D eigenvalue weighted by Gasteiger charge is -2.08. The van der Waals surface area contributed by atoms with E-state index < -0.39 is 0 Å². The maximum atomic E-state index is 5.31. The largest absolute Gasteiger partial charge is 0.381 e. The summed E-state index contributed by atoms with van der Waals surface area (Å²) in [6.07, 6.45) is 0.726. The van der Waals surface area contributed by atoms with Crippen molar-refractivity contribution < 1.29 is 9.47 Å². The highest BCUT2D eigenvalue weighted by molar-refractivity contribution is 5.35. The number of rotatable bonds is 8. The molecule has 0 saturated heterocycles. The molecule has 1 heterocycles. The first kappa shape index (κ1) is 13.9. The van der Waals surface area contributed by atoms with Crippen LogP contribution in [0.25, 0.3) is 0 Å². The molecular formula is C12H21N3O2. The molecule has 0 aliphatic carbocycles. The summed E-state index contributed by atoms with van der Waals surface area (Å²) in [6.45, 7) is 6.73. The van der Waals surface area contributed by atoms with Crippen LogP contribution in [0.4, 0.5) is 5.82 Å². The van der Waals surface area contributed by atoms with E-state index in [0.29, 0.717) is 13.2 Å². The molecule has 0 saturated carbocycles. The van der Waals surface area contributed by atoms with Gasteiger partial charge in [-0.1, -0.05) is 0 Å². The Balaban J connectivity index is 2.72. The highest BCUT2D eigenvalue weighted by Gasteiger charge is 2.04. The van der Waals surface area contributed by atoms with Crippen LogP contribution in [0.15, 0.2) is 6.07 Å². The van der Waals surface area contributed by atoms with Gasteiger partial charge in [-0.25, -0.2) is 9.97 Å². The van der Waals surface area contributed by atoms with Gasteiger partial charge < -0.3 is 14.8 Å². The van der Waals surface area contributed by atoms with Crippen LogP contribution >= 0.6 is 0 Å². The standard InChI is InChI=1S/C12H21N3O2/c1-4-13-12-8-10(9-16-3)14-11(15-12)6-7-17-5-2/h8H,4-7,9H2,1-3H3,(H,13,14,15). The SMILES string of the molecule is CCNc1cc(COC)nc(CCOCC)n1. The predicted molar refractivity (Wildman–Crippen MR) is 67.1 cm³/mol. The van der Waals surface area contributed by atoms with Gasteiger partial charge in [0.1, 0.15) is 11.6 Å². The first-order valence-electron chi connectivity index (χ1n) is 5.97. The summed E-state index contributed by atoms with van der Waals surface area (Å²) in [5.74, 6) is 1.64. The fourth-order valence-corrected chi connectivity index (χ4v) is 1.47. The van der Waals surface area contributed by atoms with E-state index in [-0.39, 0.29) is 0 Å². The minimum Gasteiger partial charge on any atom is -0.381 e. The average Bonchev–Trinajstić information content (AvgIpc) is 2.30. The monoisotopic (exact) mass is 239 g/mol. The van der Waals surface area contributed by atoms with Gasteiger partial charge in [-0.3, -0.25) is 0 Å². The van der Waals surface area contributed by atoms with Crippen molar-refractivity contribution in [1.82, 2.24) is 9.97 Å². The predicted octanol–water partition coefficient (Wildman–Crippen LogP) is 1.63. The van der Waals surface area contributed by atoms with Crippen molar-refractivity contribution in [3.8, 4) is 0 Å². The minimum atomic E-state index is 0.503. The Kier molecular flexibility index (Phi) is 6.50. The van der Waals surface area contributed by atoms with E-state index in [0.717, 1.165) is 36.9 Å². The van der Waals surface area contributed by atoms with E-state index in [4.69, 9.17) is 9.47 Å². The number of methoxy groups -OCH3 is 1. The normalized spacial score (nSPS) is 10.5. The molecule has 96 valence electrons. The summed E-state index contributed by atoms with van der Waals surface area (Å²) in [7, 11) is 1.66. The topological polar surface area (TPSA) is 56.3 Å². The van der Waals surface area contributed by atoms with Crippen molar-refractivity contribution in [2.45, 2.75) is 26.9 Å². The Morgan fingerprint density at radius 3 is 2.76 bits per heavy atom. The Morgan fingerprint density at radius 2 is 2.12 bits per heavy atom. The van der Waals surface area contributed by atoms with Crippen molar-refractivity contribution >= 4 is 5.82 Å². The Bertz CT molecular complexity index is 307. The maximum Gasteiger partial charge on any atom is 0.133 e. The molecule has 0 amide bonds. The molecule has 17 heavy (non-hydrogen) atoms. The lowest BCUT2D eigenvalue weighted by Crippen LogP contribution is -2.09. The number of nitrogens with one attached hydrogen (secondary N) is 1. The van der Waals surface area contributed by atoms with Gasteiger partial charge in [-0.15, -0.1) is 0 Å². The molecule has 5 nitrogen and oxygen atoms in total. The number of hydrogen-bond donors (Lipinski definition) is 1. The molecule has 0 unspecified atom stereocenters. The van der Waals surface area contributed by atoms with Crippen LogP contribution in [-0.4, -0.2) is 36.8 Å². The molecule has 0 fully saturated rings. The summed E-state index contributed by atoms with van der Waals surface area (Å²) >= 11 is 0. The zero-order valence-electron chi connectivity index (χ0n) is 10.8. The van der Waals surface area contributed by atoms with Crippen LogP contribution in [-0.2, 0) is 22.5 Å². The van der Waals surface area contributed by atoms with Crippen molar-refractivity contribution in [1.29, 1.82) is 0 Å². The first-order chi connectivity index (χ1) is 8.30. The highest BCUT2D eigenvalue weighted by atomic mass is 16.5. The molecular weight excluding hydrogens is 218 g/mol. The molecule has 0 bridgehead atoms. The van der Waals surface area contributed by atoms with Gasteiger partial charge in [0.05, 0.1) is 18.9 Å². The second kappa shape index (κ2) is 7.97. The van der Waals surface area contributed by atoms with Crippen molar-refractivity contribution in [3.05, 3.63) is 17.6 Å². The van der Waals surface area contributed by atoms with Gasteiger partial charge in [0.2, 0.25) is 0 Å². The number of aromatic nitrogens is 2. The van der Waals surface area contributed by atoms with Gasteiger partial charge in [0.25, 0.3) is 0 Å². The van der Waals surface area contributed by atoms with Crippen LogP contribution < -0.4 is 5.32 Å². The number of nitrogens with zero attached hydrogens (tertiary/aromatic N) is 2. The number of ether oxygens (including phenoxy) is 2. The molecule has 0 radical (unpaired) electrons. The summed E-state index contributed by atoms with van der Waals surface area (Å²) in [5, 5.41) is 3.19. The van der Waals surface area contributed by atoms with E-state index in [2.05, 4.69) is 15.3 Å². The smallest absolute Gasteiger partial charge is 0.133 e. The van der Waals surface area contributed by atoms with E-state index in [9.17, 15) is 0 Å². The average molecular weight is 239 g/mol. The Morgan fingerprint density at radius 1 is 1.29 bits per heavy atom. The zero-order chi connectivity index (χ0) is 12.5. The Hall–Kier alpha value is -1.20. The third-order valence-corrected chi connectivity index (χ3v) is 2.15. The molecule has 0 atom stereocenters. The van der Waals surface area contributed by atoms with Gasteiger partial charge in [0, 0.05) is 32.7 Å².